The van der Waals surface area contributed by atoms with E-state index >= 15 is 0 Å². The minimum Gasteiger partial charge on any atom is -0.379 e. The van der Waals surface area contributed by atoms with E-state index in [1.54, 1.807) is 12.1 Å². The van der Waals surface area contributed by atoms with Gasteiger partial charge in [-0.15, -0.1) is 0 Å². The predicted octanol–water partition coefficient (Wildman–Crippen LogP) is 2.56. The van der Waals surface area contributed by atoms with Crippen molar-refractivity contribution in [2.45, 2.75) is 25.3 Å². The Labute approximate surface area is 104 Å². The van der Waals surface area contributed by atoms with E-state index in [0.717, 1.165) is 12.8 Å². The third-order valence-electron chi connectivity index (χ3n) is 2.77. The molecule has 5 heteroatoms. The lowest BCUT2D eigenvalue weighted by atomic mass is 10.1. The Balaban J connectivity index is 2.06. The van der Waals surface area contributed by atoms with Gasteiger partial charge in [-0.2, -0.15) is 0 Å². The molecule has 1 aliphatic heterocycles. The van der Waals surface area contributed by atoms with Gasteiger partial charge in [0.25, 0.3) is 0 Å². The zero-order valence-corrected chi connectivity index (χ0v) is 10.1. The van der Waals surface area contributed by atoms with E-state index in [-0.39, 0.29) is 17.8 Å². The van der Waals surface area contributed by atoms with Crippen molar-refractivity contribution >= 4 is 23.2 Å². The number of rotatable bonds is 2. The third kappa shape index (κ3) is 3.33. The number of carbonyl (C=O) groups excluding carboxylic acids is 1. The van der Waals surface area contributed by atoms with Crippen LogP contribution in [0.1, 0.15) is 19.3 Å². The second-order valence-corrected chi connectivity index (χ2v) is 4.60. The first-order chi connectivity index (χ1) is 8.15. The van der Waals surface area contributed by atoms with E-state index < -0.39 is 0 Å². The smallest absolute Gasteiger partial charge is 0.222 e. The van der Waals surface area contributed by atoms with Crippen LogP contribution in [0.25, 0.3) is 0 Å². The van der Waals surface area contributed by atoms with Gasteiger partial charge in [0.1, 0.15) is 5.82 Å². The van der Waals surface area contributed by atoms with Gasteiger partial charge in [0.05, 0.1) is 5.69 Å². The predicted molar refractivity (Wildman–Crippen MR) is 65.7 cm³/mol. The summed E-state index contributed by atoms with van der Waals surface area (Å²) in [7, 11) is 0. The largest absolute Gasteiger partial charge is 0.379 e. The molecule has 1 aliphatic rings. The average Bonchev–Trinajstić information content (AvgIpc) is 2.47. The fourth-order valence-corrected chi connectivity index (χ4v) is 2.08. The van der Waals surface area contributed by atoms with Gasteiger partial charge in [0.2, 0.25) is 5.91 Å². The lowest BCUT2D eigenvalue weighted by Gasteiger charge is -2.17. The number of anilines is 1. The van der Waals surface area contributed by atoms with Crippen LogP contribution in [0.15, 0.2) is 18.2 Å². The molecule has 1 aromatic carbocycles. The van der Waals surface area contributed by atoms with Crippen LogP contribution in [0.5, 0.6) is 0 Å². The van der Waals surface area contributed by atoms with Crippen LogP contribution >= 0.6 is 11.6 Å². The van der Waals surface area contributed by atoms with Crippen LogP contribution in [0.3, 0.4) is 0 Å². The molecule has 1 aromatic rings. The Hall–Kier alpha value is -1.29. The second-order valence-electron chi connectivity index (χ2n) is 4.16. The molecule has 3 nitrogen and oxygen atoms in total. The molecular formula is C12H14ClFN2O. The summed E-state index contributed by atoms with van der Waals surface area (Å²) in [5.74, 6) is -0.378. The van der Waals surface area contributed by atoms with Crippen LogP contribution in [0, 0.1) is 5.82 Å². The minimum atomic E-state index is -0.387. The molecule has 2 rings (SSSR count). The Morgan fingerprint density at radius 1 is 1.47 bits per heavy atom. The molecule has 0 saturated carbocycles. The Morgan fingerprint density at radius 3 is 3.06 bits per heavy atom. The standard InChI is InChI=1S/C12H14ClFN2O/c13-8-3-4-11(10(14)6-8)16-9-2-1-5-15-12(17)7-9/h3-4,6,9,16H,1-2,5,7H2,(H,15,17). The molecule has 1 amide bonds. The van der Waals surface area contributed by atoms with Crippen LogP contribution in [-0.4, -0.2) is 18.5 Å². The van der Waals surface area contributed by atoms with Gasteiger partial charge in [-0.1, -0.05) is 11.6 Å². The maximum Gasteiger partial charge on any atom is 0.222 e. The summed E-state index contributed by atoms with van der Waals surface area (Å²) >= 11 is 5.68. The van der Waals surface area contributed by atoms with Crippen molar-refractivity contribution in [1.82, 2.24) is 5.32 Å². The molecule has 1 unspecified atom stereocenters. The molecule has 0 radical (unpaired) electrons. The summed E-state index contributed by atoms with van der Waals surface area (Å²) in [6, 6.07) is 4.47. The average molecular weight is 257 g/mol. The lowest BCUT2D eigenvalue weighted by Crippen LogP contribution is -2.27. The molecule has 1 saturated heterocycles. The fourth-order valence-electron chi connectivity index (χ4n) is 1.92. The van der Waals surface area contributed by atoms with Gasteiger partial charge in [-0.25, -0.2) is 4.39 Å². The zero-order valence-electron chi connectivity index (χ0n) is 9.30. The Bertz CT molecular complexity index is 425. The monoisotopic (exact) mass is 256 g/mol. The minimum absolute atomic E-state index is 0.00868. The van der Waals surface area contributed by atoms with E-state index in [2.05, 4.69) is 10.6 Å². The molecule has 17 heavy (non-hydrogen) atoms. The van der Waals surface area contributed by atoms with Crippen molar-refractivity contribution in [3.8, 4) is 0 Å². The van der Waals surface area contributed by atoms with Crippen molar-refractivity contribution in [3.05, 3.63) is 29.0 Å². The summed E-state index contributed by atoms with van der Waals surface area (Å²) in [5.41, 5.74) is 0.397. The van der Waals surface area contributed by atoms with Gasteiger partial charge < -0.3 is 10.6 Å². The van der Waals surface area contributed by atoms with E-state index in [9.17, 15) is 9.18 Å². The van der Waals surface area contributed by atoms with E-state index in [1.807, 2.05) is 0 Å². The van der Waals surface area contributed by atoms with Gasteiger partial charge in [-0.3, -0.25) is 4.79 Å². The fraction of sp³-hybridized carbons (Fsp3) is 0.417. The molecule has 1 heterocycles. The Morgan fingerprint density at radius 2 is 2.29 bits per heavy atom. The summed E-state index contributed by atoms with van der Waals surface area (Å²) < 4.78 is 13.6. The van der Waals surface area contributed by atoms with Gasteiger partial charge in [-0.05, 0) is 31.0 Å². The molecule has 0 aliphatic carbocycles. The van der Waals surface area contributed by atoms with Crippen molar-refractivity contribution in [2.24, 2.45) is 0 Å². The number of amides is 1. The van der Waals surface area contributed by atoms with Gasteiger partial charge in [0.15, 0.2) is 0 Å². The third-order valence-corrected chi connectivity index (χ3v) is 3.01. The summed E-state index contributed by atoms with van der Waals surface area (Å²) in [6.45, 7) is 0.695. The second kappa shape index (κ2) is 5.36. The molecule has 92 valence electrons. The van der Waals surface area contributed by atoms with E-state index in [4.69, 9.17) is 11.6 Å². The number of hydrogen-bond donors (Lipinski definition) is 2. The highest BCUT2D eigenvalue weighted by molar-refractivity contribution is 6.30. The molecule has 0 spiro atoms. The highest BCUT2D eigenvalue weighted by atomic mass is 35.5. The van der Waals surface area contributed by atoms with Crippen LogP contribution in [0.4, 0.5) is 10.1 Å². The highest BCUT2D eigenvalue weighted by Gasteiger charge is 2.18. The highest BCUT2D eigenvalue weighted by Crippen LogP contribution is 2.21. The number of nitrogens with one attached hydrogen (secondary N) is 2. The first-order valence-corrected chi connectivity index (χ1v) is 6.01. The quantitative estimate of drug-likeness (QED) is 0.854. The number of benzene rings is 1. The van der Waals surface area contributed by atoms with Crippen LogP contribution < -0.4 is 10.6 Å². The normalized spacial score (nSPS) is 20.6. The van der Waals surface area contributed by atoms with Crippen molar-refractivity contribution in [1.29, 1.82) is 0 Å². The molecule has 1 atom stereocenters. The van der Waals surface area contributed by atoms with E-state index in [0.29, 0.717) is 23.7 Å². The first-order valence-electron chi connectivity index (χ1n) is 5.63. The molecule has 0 aromatic heterocycles. The summed E-state index contributed by atoms with van der Waals surface area (Å²) in [6.07, 6.45) is 2.13. The molecule has 2 N–H and O–H groups in total. The van der Waals surface area contributed by atoms with Crippen molar-refractivity contribution in [2.75, 3.05) is 11.9 Å². The molecular weight excluding hydrogens is 243 g/mol. The van der Waals surface area contributed by atoms with Crippen molar-refractivity contribution in [3.63, 3.8) is 0 Å². The van der Waals surface area contributed by atoms with Gasteiger partial charge in [0, 0.05) is 24.0 Å². The number of hydrogen-bond acceptors (Lipinski definition) is 2. The number of halogens is 2. The zero-order chi connectivity index (χ0) is 12.3. The summed E-state index contributed by atoms with van der Waals surface area (Å²) in [4.78, 5) is 11.4. The molecule has 0 bridgehead atoms. The Kier molecular flexibility index (Phi) is 3.84. The van der Waals surface area contributed by atoms with Crippen LogP contribution in [-0.2, 0) is 4.79 Å². The topological polar surface area (TPSA) is 41.1 Å². The maximum atomic E-state index is 13.6. The van der Waals surface area contributed by atoms with E-state index in [1.165, 1.54) is 6.07 Å². The summed E-state index contributed by atoms with van der Waals surface area (Å²) in [5, 5.41) is 6.21. The molecule has 1 fully saturated rings. The maximum absolute atomic E-state index is 13.6. The van der Waals surface area contributed by atoms with Crippen molar-refractivity contribution < 1.29 is 9.18 Å². The number of carbonyl (C=O) groups is 1. The lowest BCUT2D eigenvalue weighted by molar-refractivity contribution is -0.120. The first kappa shape index (κ1) is 12.2. The van der Waals surface area contributed by atoms with Crippen LogP contribution in [0.2, 0.25) is 5.02 Å². The van der Waals surface area contributed by atoms with Gasteiger partial charge >= 0.3 is 0 Å². The SMILES string of the molecule is O=C1CC(Nc2ccc(Cl)cc2F)CCCN1.